The molecule has 0 spiro atoms. The largest absolute Gasteiger partial charge is 0.374 e. The van der Waals surface area contributed by atoms with Crippen LogP contribution in [0.2, 0.25) is 5.02 Å². The third-order valence-corrected chi connectivity index (χ3v) is 3.44. The first kappa shape index (κ1) is 16.0. The van der Waals surface area contributed by atoms with Crippen molar-refractivity contribution in [2.75, 3.05) is 17.3 Å². The van der Waals surface area contributed by atoms with E-state index >= 15 is 0 Å². The van der Waals surface area contributed by atoms with Crippen molar-refractivity contribution >= 4 is 44.9 Å². The maximum absolute atomic E-state index is 5.92. The monoisotopic (exact) mass is 371 g/mol. The summed E-state index contributed by atoms with van der Waals surface area (Å²) in [6.45, 7) is 2.83. The number of nitrogen functional groups attached to an aromatic ring is 1. The Balaban J connectivity index is 2.25. The summed E-state index contributed by atoms with van der Waals surface area (Å²) in [5.41, 5.74) is 3.35. The number of halogens is 2. The molecule has 0 fully saturated rings. The van der Waals surface area contributed by atoms with E-state index in [1.165, 1.54) is 0 Å². The Morgan fingerprint density at radius 2 is 2.05 bits per heavy atom. The summed E-state index contributed by atoms with van der Waals surface area (Å²) in [5, 5.41) is 3.83. The second-order valence-electron chi connectivity index (χ2n) is 4.09. The first-order valence-electron chi connectivity index (χ1n) is 6.26. The average molecular weight is 373 g/mol. The molecule has 0 saturated carbocycles. The second-order valence-corrected chi connectivity index (χ2v) is 5.38. The van der Waals surface area contributed by atoms with Gasteiger partial charge in [-0.15, -0.1) is 0 Å². The van der Waals surface area contributed by atoms with Gasteiger partial charge in [0.1, 0.15) is 18.2 Å². The Labute approximate surface area is 136 Å². The van der Waals surface area contributed by atoms with Crippen molar-refractivity contribution in [2.45, 2.75) is 13.5 Å². The smallest absolute Gasteiger partial charge is 0.158 e. The van der Waals surface area contributed by atoms with Gasteiger partial charge in [0.05, 0.1) is 5.69 Å². The lowest BCUT2D eigenvalue weighted by Crippen LogP contribution is -2.12. The van der Waals surface area contributed by atoms with Crippen LogP contribution in [0.5, 0.6) is 0 Å². The minimum Gasteiger partial charge on any atom is -0.374 e. The highest BCUT2D eigenvalue weighted by Gasteiger charge is 2.07. The minimum atomic E-state index is 0.322. The first-order chi connectivity index (χ1) is 10.1. The molecule has 1 aromatic heterocycles. The van der Waals surface area contributed by atoms with E-state index in [1.807, 2.05) is 13.0 Å². The summed E-state index contributed by atoms with van der Waals surface area (Å²) in [5.74, 6) is 7.08. The zero-order valence-electron chi connectivity index (χ0n) is 11.4. The third-order valence-electron chi connectivity index (χ3n) is 2.55. The van der Waals surface area contributed by atoms with Crippen molar-refractivity contribution in [1.29, 1.82) is 0 Å². The quantitative estimate of drug-likeness (QED) is 0.532. The summed E-state index contributed by atoms with van der Waals surface area (Å²) in [6.07, 6.45) is 0. The SMILES string of the molecule is CCOCc1nc(NN)cc(Nc2ccc(Cl)cc2Br)n1. The fourth-order valence-corrected chi connectivity index (χ4v) is 2.40. The predicted octanol–water partition coefficient (Wildman–Crippen LogP) is 3.46. The van der Waals surface area contributed by atoms with E-state index in [4.69, 9.17) is 22.2 Å². The van der Waals surface area contributed by atoms with Gasteiger partial charge in [-0.2, -0.15) is 0 Å². The predicted molar refractivity (Wildman–Crippen MR) is 87.6 cm³/mol. The van der Waals surface area contributed by atoms with Crippen molar-refractivity contribution in [2.24, 2.45) is 5.84 Å². The molecule has 8 heteroatoms. The van der Waals surface area contributed by atoms with E-state index in [2.05, 4.69) is 36.6 Å². The first-order valence-corrected chi connectivity index (χ1v) is 7.44. The van der Waals surface area contributed by atoms with Crippen LogP contribution < -0.4 is 16.6 Å². The third kappa shape index (κ3) is 4.53. The number of nitrogens with zero attached hydrogens (tertiary/aromatic N) is 2. The standard InChI is InChI=1S/C13H15BrClN5O/c1-2-21-7-13-18-11(6-12(19-13)20-16)17-10-4-3-8(15)5-9(10)14/h3-6H,2,7,16H2,1H3,(H2,17,18,19,20). The van der Waals surface area contributed by atoms with Crippen LogP contribution in [0.4, 0.5) is 17.3 Å². The number of hydrogen-bond donors (Lipinski definition) is 3. The molecule has 4 N–H and O–H groups in total. The fraction of sp³-hybridized carbons (Fsp3) is 0.231. The summed E-state index contributed by atoms with van der Waals surface area (Å²) in [4.78, 5) is 8.60. The fourth-order valence-electron chi connectivity index (χ4n) is 1.62. The van der Waals surface area contributed by atoms with Gasteiger partial charge in [0.25, 0.3) is 0 Å². The highest BCUT2D eigenvalue weighted by atomic mass is 79.9. The van der Waals surface area contributed by atoms with Crippen LogP contribution in [0.3, 0.4) is 0 Å². The van der Waals surface area contributed by atoms with E-state index in [9.17, 15) is 0 Å². The summed E-state index contributed by atoms with van der Waals surface area (Å²) >= 11 is 9.37. The Bertz CT molecular complexity index is 626. The zero-order valence-corrected chi connectivity index (χ0v) is 13.7. The van der Waals surface area contributed by atoms with Gasteiger partial charge in [0.15, 0.2) is 5.82 Å². The molecule has 0 bridgehead atoms. The topological polar surface area (TPSA) is 85.1 Å². The normalized spacial score (nSPS) is 10.5. The molecule has 0 radical (unpaired) electrons. The molecule has 2 aromatic rings. The molecule has 2 rings (SSSR count). The molecule has 21 heavy (non-hydrogen) atoms. The van der Waals surface area contributed by atoms with Crippen molar-refractivity contribution in [3.05, 3.63) is 39.6 Å². The van der Waals surface area contributed by atoms with E-state index in [-0.39, 0.29) is 0 Å². The number of ether oxygens (including phenoxy) is 1. The average Bonchev–Trinajstić information content (AvgIpc) is 2.48. The van der Waals surface area contributed by atoms with Crippen LogP contribution in [0.15, 0.2) is 28.7 Å². The van der Waals surface area contributed by atoms with E-state index in [1.54, 1.807) is 18.2 Å². The molecule has 0 aliphatic heterocycles. The summed E-state index contributed by atoms with van der Waals surface area (Å²) < 4.78 is 6.15. The van der Waals surface area contributed by atoms with Crippen molar-refractivity contribution < 1.29 is 4.74 Å². The molecule has 1 aromatic carbocycles. The van der Waals surface area contributed by atoms with Gasteiger partial charge < -0.3 is 15.5 Å². The minimum absolute atomic E-state index is 0.322. The van der Waals surface area contributed by atoms with E-state index in [0.717, 1.165) is 10.2 Å². The molecule has 0 aliphatic rings. The van der Waals surface area contributed by atoms with Gasteiger partial charge in [-0.3, -0.25) is 0 Å². The molecule has 0 saturated heterocycles. The van der Waals surface area contributed by atoms with Crippen LogP contribution in [0.1, 0.15) is 12.7 Å². The Morgan fingerprint density at radius 3 is 2.71 bits per heavy atom. The molecule has 112 valence electrons. The number of rotatable bonds is 6. The van der Waals surface area contributed by atoms with Crippen LogP contribution in [-0.2, 0) is 11.3 Å². The lowest BCUT2D eigenvalue weighted by atomic mass is 10.3. The Kier molecular flexibility index (Phi) is 5.75. The van der Waals surface area contributed by atoms with Crippen LogP contribution in [0, 0.1) is 0 Å². The number of nitrogens with one attached hydrogen (secondary N) is 2. The second kappa shape index (κ2) is 7.56. The van der Waals surface area contributed by atoms with Crippen molar-refractivity contribution in [3.63, 3.8) is 0 Å². The molecule has 0 atom stereocenters. The van der Waals surface area contributed by atoms with Crippen molar-refractivity contribution in [1.82, 2.24) is 9.97 Å². The number of hydrogen-bond acceptors (Lipinski definition) is 6. The van der Waals surface area contributed by atoms with Crippen LogP contribution in [0.25, 0.3) is 0 Å². The molecular formula is C13H15BrClN5O. The van der Waals surface area contributed by atoms with Crippen LogP contribution in [-0.4, -0.2) is 16.6 Å². The number of nitrogens with two attached hydrogens (primary N) is 1. The van der Waals surface area contributed by atoms with Gasteiger partial charge >= 0.3 is 0 Å². The maximum atomic E-state index is 5.92. The molecule has 1 heterocycles. The van der Waals surface area contributed by atoms with Gasteiger partial charge in [0.2, 0.25) is 0 Å². The van der Waals surface area contributed by atoms with Gasteiger partial charge in [-0.05, 0) is 41.1 Å². The maximum Gasteiger partial charge on any atom is 0.158 e. The van der Waals surface area contributed by atoms with E-state index < -0.39 is 0 Å². The summed E-state index contributed by atoms with van der Waals surface area (Å²) in [7, 11) is 0. The summed E-state index contributed by atoms with van der Waals surface area (Å²) in [6, 6.07) is 7.15. The number of aromatic nitrogens is 2. The van der Waals surface area contributed by atoms with Gasteiger partial charge in [-0.25, -0.2) is 15.8 Å². The van der Waals surface area contributed by atoms with E-state index in [0.29, 0.717) is 35.7 Å². The zero-order chi connectivity index (χ0) is 15.2. The Hall–Kier alpha value is -1.41. The molecule has 0 amide bonds. The van der Waals surface area contributed by atoms with Crippen molar-refractivity contribution in [3.8, 4) is 0 Å². The number of benzene rings is 1. The molecule has 0 aliphatic carbocycles. The number of anilines is 3. The molecular weight excluding hydrogens is 358 g/mol. The van der Waals surface area contributed by atoms with Crippen LogP contribution >= 0.6 is 27.5 Å². The highest BCUT2D eigenvalue weighted by molar-refractivity contribution is 9.10. The van der Waals surface area contributed by atoms with Gasteiger partial charge in [-0.1, -0.05) is 11.6 Å². The lowest BCUT2D eigenvalue weighted by Gasteiger charge is -2.11. The van der Waals surface area contributed by atoms with Gasteiger partial charge in [0, 0.05) is 22.2 Å². The molecule has 0 unspecified atom stereocenters. The molecule has 6 nitrogen and oxygen atoms in total. The Morgan fingerprint density at radius 1 is 1.29 bits per heavy atom. The number of hydrazine groups is 1. The highest BCUT2D eigenvalue weighted by Crippen LogP contribution is 2.28. The lowest BCUT2D eigenvalue weighted by molar-refractivity contribution is 0.128.